The molecule has 0 saturated carbocycles. The lowest BCUT2D eigenvalue weighted by molar-refractivity contribution is 0.276. The van der Waals surface area contributed by atoms with Gasteiger partial charge in [0.2, 0.25) is 0 Å². The van der Waals surface area contributed by atoms with Gasteiger partial charge in [0.15, 0.2) is 0 Å². The van der Waals surface area contributed by atoms with E-state index in [9.17, 15) is 14.6 Å². The number of aliphatic hydroxyl groups excluding tert-OH is 1. The van der Waals surface area contributed by atoms with Gasteiger partial charge in [-0.05, 0) is 23.8 Å². The highest BCUT2D eigenvalue weighted by Gasteiger charge is 2.12. The second kappa shape index (κ2) is 7.10. The molecule has 5 heteroatoms. The predicted octanol–water partition coefficient (Wildman–Crippen LogP) is 3.74. The third-order valence-electron chi connectivity index (χ3n) is 3.73. The standard InChI is InChI=1S/C19H17FN2O2/c20-18-9-16(24)6-7-17(18)14-8-15(11-21-10-14)22-19(12-23)13-4-2-1-3-5-13/h1-11,19,22-24H,12H2/t19-/m0/s1. The third kappa shape index (κ3) is 3.52. The van der Waals surface area contributed by atoms with Gasteiger partial charge < -0.3 is 15.5 Å². The summed E-state index contributed by atoms with van der Waals surface area (Å²) in [4.78, 5) is 4.13. The van der Waals surface area contributed by atoms with Crippen molar-refractivity contribution in [1.29, 1.82) is 0 Å². The molecule has 4 nitrogen and oxygen atoms in total. The van der Waals surface area contributed by atoms with Crippen molar-refractivity contribution in [2.75, 3.05) is 11.9 Å². The third-order valence-corrected chi connectivity index (χ3v) is 3.73. The van der Waals surface area contributed by atoms with Crippen molar-refractivity contribution in [3.63, 3.8) is 0 Å². The van der Waals surface area contributed by atoms with Crippen molar-refractivity contribution in [3.05, 3.63) is 78.4 Å². The van der Waals surface area contributed by atoms with E-state index >= 15 is 0 Å². The van der Waals surface area contributed by atoms with Gasteiger partial charge in [0.25, 0.3) is 0 Å². The van der Waals surface area contributed by atoms with Crippen LogP contribution in [0.1, 0.15) is 11.6 Å². The minimum absolute atomic E-state index is 0.0815. The molecule has 1 heterocycles. The number of benzene rings is 2. The van der Waals surface area contributed by atoms with Crippen molar-refractivity contribution in [1.82, 2.24) is 4.98 Å². The smallest absolute Gasteiger partial charge is 0.134 e. The van der Waals surface area contributed by atoms with Crippen LogP contribution in [0.5, 0.6) is 5.75 Å². The van der Waals surface area contributed by atoms with Crippen molar-refractivity contribution < 1.29 is 14.6 Å². The largest absolute Gasteiger partial charge is 0.508 e. The van der Waals surface area contributed by atoms with Crippen LogP contribution in [0.4, 0.5) is 10.1 Å². The second-order valence-corrected chi connectivity index (χ2v) is 5.42. The zero-order chi connectivity index (χ0) is 16.9. The Morgan fingerprint density at radius 1 is 1.04 bits per heavy atom. The van der Waals surface area contributed by atoms with E-state index in [-0.39, 0.29) is 18.4 Å². The number of pyridine rings is 1. The maximum Gasteiger partial charge on any atom is 0.134 e. The Kier molecular flexibility index (Phi) is 4.72. The molecule has 0 bridgehead atoms. The van der Waals surface area contributed by atoms with Crippen LogP contribution in [-0.2, 0) is 0 Å². The van der Waals surface area contributed by atoms with Gasteiger partial charge in [-0.1, -0.05) is 30.3 Å². The molecule has 0 amide bonds. The summed E-state index contributed by atoms with van der Waals surface area (Å²) in [5, 5.41) is 22.2. The fourth-order valence-electron chi connectivity index (χ4n) is 2.53. The molecule has 0 spiro atoms. The summed E-state index contributed by atoms with van der Waals surface area (Å²) in [6, 6.07) is 15.0. The van der Waals surface area contributed by atoms with E-state index in [4.69, 9.17) is 0 Å². The second-order valence-electron chi connectivity index (χ2n) is 5.42. The molecule has 0 fully saturated rings. The molecular formula is C19H17FN2O2. The van der Waals surface area contributed by atoms with Gasteiger partial charge in [0, 0.05) is 29.6 Å². The van der Waals surface area contributed by atoms with E-state index in [1.54, 1.807) is 18.5 Å². The van der Waals surface area contributed by atoms with Crippen LogP contribution in [0.15, 0.2) is 67.0 Å². The fraction of sp³-hybridized carbons (Fsp3) is 0.105. The summed E-state index contributed by atoms with van der Waals surface area (Å²) in [6.45, 7) is -0.0815. The maximum atomic E-state index is 14.0. The average molecular weight is 324 g/mol. The highest BCUT2D eigenvalue weighted by molar-refractivity contribution is 5.68. The van der Waals surface area contributed by atoms with Crippen molar-refractivity contribution in [2.24, 2.45) is 0 Å². The van der Waals surface area contributed by atoms with Crippen LogP contribution in [0, 0.1) is 5.82 Å². The van der Waals surface area contributed by atoms with Gasteiger partial charge >= 0.3 is 0 Å². The van der Waals surface area contributed by atoms with Crippen LogP contribution >= 0.6 is 0 Å². The highest BCUT2D eigenvalue weighted by Crippen LogP contribution is 2.28. The Hall–Kier alpha value is -2.92. The summed E-state index contributed by atoms with van der Waals surface area (Å²) in [5.74, 6) is -0.640. The molecule has 0 aliphatic heterocycles. The molecule has 0 radical (unpaired) electrons. The minimum atomic E-state index is -0.518. The number of hydrogen-bond acceptors (Lipinski definition) is 4. The van der Waals surface area contributed by atoms with Gasteiger partial charge in [-0.2, -0.15) is 0 Å². The zero-order valence-electron chi connectivity index (χ0n) is 12.9. The number of anilines is 1. The summed E-state index contributed by atoms with van der Waals surface area (Å²) >= 11 is 0. The molecule has 24 heavy (non-hydrogen) atoms. The number of aromatic hydroxyl groups is 1. The van der Waals surface area contributed by atoms with Gasteiger partial charge in [-0.15, -0.1) is 0 Å². The van der Waals surface area contributed by atoms with Gasteiger partial charge in [0.1, 0.15) is 11.6 Å². The van der Waals surface area contributed by atoms with Crippen molar-refractivity contribution in [3.8, 4) is 16.9 Å². The SMILES string of the molecule is OC[C@H](Nc1cncc(-c2ccc(O)cc2F)c1)c1ccccc1. The lowest BCUT2D eigenvalue weighted by Crippen LogP contribution is -2.14. The quantitative estimate of drug-likeness (QED) is 0.669. The van der Waals surface area contributed by atoms with E-state index in [0.29, 0.717) is 16.8 Å². The molecule has 0 aliphatic carbocycles. The Balaban J connectivity index is 1.87. The topological polar surface area (TPSA) is 65.4 Å². The summed E-state index contributed by atoms with van der Waals surface area (Å²) < 4.78 is 14.0. The molecule has 0 saturated heterocycles. The monoisotopic (exact) mass is 324 g/mol. The molecule has 3 N–H and O–H groups in total. The van der Waals surface area contributed by atoms with Crippen LogP contribution in [0.3, 0.4) is 0 Å². The summed E-state index contributed by atoms with van der Waals surface area (Å²) in [6.07, 6.45) is 3.17. The minimum Gasteiger partial charge on any atom is -0.508 e. The molecule has 0 unspecified atom stereocenters. The molecule has 0 aliphatic rings. The van der Waals surface area contributed by atoms with Crippen LogP contribution in [-0.4, -0.2) is 21.8 Å². The number of nitrogens with zero attached hydrogens (tertiary/aromatic N) is 1. The number of phenols is 1. The number of halogens is 1. The molecule has 2 aromatic carbocycles. The molecule has 3 aromatic rings. The summed E-state index contributed by atoms with van der Waals surface area (Å²) in [7, 11) is 0. The molecular weight excluding hydrogens is 307 g/mol. The van der Waals surface area contributed by atoms with Gasteiger partial charge in [-0.3, -0.25) is 4.98 Å². The normalized spacial score (nSPS) is 11.9. The number of nitrogens with one attached hydrogen (secondary N) is 1. The Morgan fingerprint density at radius 3 is 2.54 bits per heavy atom. The number of aliphatic hydroxyl groups is 1. The van der Waals surface area contributed by atoms with Crippen LogP contribution < -0.4 is 5.32 Å². The predicted molar refractivity (Wildman–Crippen MR) is 91.2 cm³/mol. The number of aromatic nitrogens is 1. The fourth-order valence-corrected chi connectivity index (χ4v) is 2.53. The van der Waals surface area contributed by atoms with E-state index in [1.807, 2.05) is 30.3 Å². The van der Waals surface area contributed by atoms with Crippen molar-refractivity contribution >= 4 is 5.69 Å². The van der Waals surface area contributed by atoms with Crippen LogP contribution in [0.2, 0.25) is 0 Å². The Morgan fingerprint density at radius 2 is 1.83 bits per heavy atom. The van der Waals surface area contributed by atoms with E-state index in [2.05, 4.69) is 10.3 Å². The Bertz CT molecular complexity index is 825. The first-order chi connectivity index (χ1) is 11.7. The van der Waals surface area contributed by atoms with E-state index in [1.165, 1.54) is 12.1 Å². The first-order valence-electron chi connectivity index (χ1n) is 7.53. The number of hydrogen-bond donors (Lipinski definition) is 3. The number of rotatable bonds is 5. The summed E-state index contributed by atoms with van der Waals surface area (Å²) in [5.41, 5.74) is 2.55. The first kappa shape index (κ1) is 16.0. The Labute approximate surface area is 139 Å². The highest BCUT2D eigenvalue weighted by atomic mass is 19.1. The molecule has 3 rings (SSSR count). The van der Waals surface area contributed by atoms with Crippen LogP contribution in [0.25, 0.3) is 11.1 Å². The number of phenolic OH excluding ortho intramolecular Hbond substituents is 1. The lowest BCUT2D eigenvalue weighted by atomic mass is 10.1. The molecule has 1 atom stereocenters. The zero-order valence-corrected chi connectivity index (χ0v) is 12.9. The lowest BCUT2D eigenvalue weighted by Gasteiger charge is -2.18. The van der Waals surface area contributed by atoms with Gasteiger partial charge in [0.05, 0.1) is 18.3 Å². The first-order valence-corrected chi connectivity index (χ1v) is 7.53. The van der Waals surface area contributed by atoms with E-state index in [0.717, 1.165) is 11.6 Å². The van der Waals surface area contributed by atoms with Crippen molar-refractivity contribution in [2.45, 2.75) is 6.04 Å². The average Bonchev–Trinajstić information content (AvgIpc) is 2.60. The maximum absolute atomic E-state index is 14.0. The molecule has 1 aromatic heterocycles. The molecule has 122 valence electrons. The van der Waals surface area contributed by atoms with E-state index < -0.39 is 5.82 Å². The van der Waals surface area contributed by atoms with Gasteiger partial charge in [-0.25, -0.2) is 4.39 Å².